The number of hydrogen-bond acceptors (Lipinski definition) is 4. The summed E-state index contributed by atoms with van der Waals surface area (Å²) in [5.74, 6) is 0. The third-order valence-corrected chi connectivity index (χ3v) is 2.72. The Kier molecular flexibility index (Phi) is 3.49. The van der Waals surface area contributed by atoms with Crippen LogP contribution in [0.1, 0.15) is 19.8 Å². The van der Waals surface area contributed by atoms with E-state index in [4.69, 9.17) is 10.8 Å². The highest BCUT2D eigenvalue weighted by atomic mass is 16.3. The number of hydrogen-bond donors (Lipinski definition) is 4. The van der Waals surface area contributed by atoms with Crippen molar-refractivity contribution in [3.05, 3.63) is 18.3 Å². The highest BCUT2D eigenvalue weighted by Crippen LogP contribution is 2.24. The lowest BCUT2D eigenvalue weighted by molar-refractivity contribution is 0.183. The summed E-state index contributed by atoms with van der Waals surface area (Å²) >= 11 is 0. The van der Waals surface area contributed by atoms with Gasteiger partial charge in [0.1, 0.15) is 0 Å². The van der Waals surface area contributed by atoms with Crippen LogP contribution in [-0.2, 0) is 0 Å². The fourth-order valence-electron chi connectivity index (χ4n) is 1.78. The summed E-state index contributed by atoms with van der Waals surface area (Å²) in [5, 5.41) is 20.3. The van der Waals surface area contributed by atoms with Crippen molar-refractivity contribution in [3.8, 4) is 0 Å². The number of aliphatic hydroxyl groups excluding tert-OH is 1. The summed E-state index contributed by atoms with van der Waals surface area (Å²) in [6, 6.07) is 3.86. The van der Waals surface area contributed by atoms with Gasteiger partial charge in [0, 0.05) is 11.9 Å². The summed E-state index contributed by atoms with van der Waals surface area (Å²) in [4.78, 5) is 0. The van der Waals surface area contributed by atoms with Crippen LogP contribution in [0.4, 0.5) is 11.4 Å². The van der Waals surface area contributed by atoms with Crippen LogP contribution in [0.3, 0.4) is 0 Å². The SMILES string of the molecule is CC(O)CCCNc1cc2[nH]ncc2cc1N. The molecule has 0 fully saturated rings. The van der Waals surface area contributed by atoms with E-state index < -0.39 is 0 Å². The molecule has 0 aliphatic carbocycles. The first-order valence-electron chi connectivity index (χ1n) is 5.81. The molecular formula is C12H18N4O. The average molecular weight is 234 g/mol. The molecule has 1 atom stereocenters. The number of aromatic amines is 1. The Morgan fingerprint density at radius 1 is 1.53 bits per heavy atom. The smallest absolute Gasteiger partial charge is 0.0672 e. The van der Waals surface area contributed by atoms with Gasteiger partial charge in [-0.2, -0.15) is 5.10 Å². The number of benzene rings is 1. The van der Waals surface area contributed by atoms with Crippen LogP contribution in [-0.4, -0.2) is 28.0 Å². The van der Waals surface area contributed by atoms with Crippen LogP contribution in [0.15, 0.2) is 18.3 Å². The number of nitrogens with zero attached hydrogens (tertiary/aromatic N) is 1. The first-order valence-corrected chi connectivity index (χ1v) is 5.81. The topological polar surface area (TPSA) is 87.0 Å². The van der Waals surface area contributed by atoms with Crippen molar-refractivity contribution in [1.82, 2.24) is 10.2 Å². The lowest BCUT2D eigenvalue weighted by Gasteiger charge is -2.10. The zero-order chi connectivity index (χ0) is 12.3. The second-order valence-corrected chi connectivity index (χ2v) is 4.31. The zero-order valence-electron chi connectivity index (χ0n) is 9.90. The van der Waals surface area contributed by atoms with Crippen LogP contribution in [0.25, 0.3) is 10.9 Å². The number of aromatic nitrogens is 2. The number of nitrogens with two attached hydrogens (primary N) is 1. The van der Waals surface area contributed by atoms with E-state index in [0.29, 0.717) is 0 Å². The average Bonchev–Trinajstić information content (AvgIpc) is 2.71. The van der Waals surface area contributed by atoms with Crippen molar-refractivity contribution >= 4 is 22.3 Å². The molecule has 2 aromatic rings. The standard InChI is InChI=1S/C12H18N4O/c1-8(17)3-2-4-14-12-6-11-9(5-10(12)13)7-15-16-11/h5-8,14,17H,2-4,13H2,1H3,(H,15,16). The summed E-state index contributed by atoms with van der Waals surface area (Å²) < 4.78 is 0. The van der Waals surface area contributed by atoms with Gasteiger partial charge in [-0.05, 0) is 31.9 Å². The normalized spacial score (nSPS) is 12.8. The summed E-state index contributed by atoms with van der Waals surface area (Å²) in [6.07, 6.45) is 3.21. The second kappa shape index (κ2) is 5.05. The van der Waals surface area contributed by atoms with Gasteiger partial charge in [0.05, 0.1) is 29.2 Å². The van der Waals surface area contributed by atoms with Crippen LogP contribution in [0.5, 0.6) is 0 Å². The molecule has 92 valence electrons. The van der Waals surface area contributed by atoms with Crippen molar-refractivity contribution in [1.29, 1.82) is 0 Å². The third-order valence-electron chi connectivity index (χ3n) is 2.72. The summed E-state index contributed by atoms with van der Waals surface area (Å²) in [7, 11) is 0. The molecule has 1 unspecified atom stereocenters. The predicted molar refractivity (Wildman–Crippen MR) is 69.9 cm³/mol. The third kappa shape index (κ3) is 2.88. The molecule has 5 heteroatoms. The van der Waals surface area contributed by atoms with Gasteiger partial charge < -0.3 is 16.2 Å². The Morgan fingerprint density at radius 2 is 2.35 bits per heavy atom. The Labute approximate surface area is 100 Å². The highest BCUT2D eigenvalue weighted by molar-refractivity contribution is 5.88. The maximum Gasteiger partial charge on any atom is 0.0672 e. The fraction of sp³-hybridized carbons (Fsp3) is 0.417. The van der Waals surface area contributed by atoms with E-state index in [2.05, 4.69) is 15.5 Å². The van der Waals surface area contributed by atoms with Crippen LogP contribution >= 0.6 is 0 Å². The van der Waals surface area contributed by atoms with Crippen molar-refractivity contribution < 1.29 is 5.11 Å². The van der Waals surface area contributed by atoms with Gasteiger partial charge in [-0.15, -0.1) is 0 Å². The summed E-state index contributed by atoms with van der Waals surface area (Å²) in [5.41, 5.74) is 8.53. The maximum atomic E-state index is 9.15. The van der Waals surface area contributed by atoms with Crippen LogP contribution in [0.2, 0.25) is 0 Å². The first kappa shape index (κ1) is 11.7. The fourth-order valence-corrected chi connectivity index (χ4v) is 1.78. The van der Waals surface area contributed by atoms with Crippen LogP contribution < -0.4 is 11.1 Å². The largest absolute Gasteiger partial charge is 0.397 e. The number of fused-ring (bicyclic) bond motifs is 1. The Hall–Kier alpha value is -1.75. The molecule has 0 bridgehead atoms. The quantitative estimate of drug-likeness (QED) is 0.468. The Bertz CT molecular complexity index is 492. The number of nitrogens with one attached hydrogen (secondary N) is 2. The molecule has 17 heavy (non-hydrogen) atoms. The molecule has 5 nitrogen and oxygen atoms in total. The van der Waals surface area contributed by atoms with Gasteiger partial charge in [-0.1, -0.05) is 0 Å². The second-order valence-electron chi connectivity index (χ2n) is 4.31. The molecule has 1 aromatic carbocycles. The predicted octanol–water partition coefficient (Wildman–Crippen LogP) is 1.72. The van der Waals surface area contributed by atoms with Crippen LogP contribution in [0, 0.1) is 0 Å². The lowest BCUT2D eigenvalue weighted by atomic mass is 10.2. The van der Waals surface area contributed by atoms with E-state index in [9.17, 15) is 0 Å². The van der Waals surface area contributed by atoms with E-state index in [0.717, 1.165) is 41.7 Å². The van der Waals surface area contributed by atoms with Crippen molar-refractivity contribution in [2.75, 3.05) is 17.6 Å². The highest BCUT2D eigenvalue weighted by Gasteiger charge is 2.03. The van der Waals surface area contributed by atoms with Gasteiger partial charge >= 0.3 is 0 Å². The molecule has 2 rings (SSSR count). The van der Waals surface area contributed by atoms with E-state index in [-0.39, 0.29) is 6.10 Å². The minimum absolute atomic E-state index is 0.246. The molecule has 0 aliphatic rings. The van der Waals surface area contributed by atoms with E-state index in [1.807, 2.05) is 12.1 Å². The van der Waals surface area contributed by atoms with E-state index in [1.165, 1.54) is 0 Å². The van der Waals surface area contributed by atoms with Gasteiger partial charge in [-0.3, -0.25) is 5.10 Å². The maximum absolute atomic E-state index is 9.15. The van der Waals surface area contributed by atoms with Crippen molar-refractivity contribution in [3.63, 3.8) is 0 Å². The van der Waals surface area contributed by atoms with E-state index in [1.54, 1.807) is 13.1 Å². The lowest BCUT2D eigenvalue weighted by Crippen LogP contribution is -2.07. The van der Waals surface area contributed by atoms with E-state index >= 15 is 0 Å². The van der Waals surface area contributed by atoms with Gasteiger partial charge in [0.25, 0.3) is 0 Å². The Balaban J connectivity index is 2.00. The number of nitrogen functional groups attached to an aromatic ring is 1. The van der Waals surface area contributed by atoms with Crippen molar-refractivity contribution in [2.24, 2.45) is 0 Å². The molecule has 0 aliphatic heterocycles. The molecule has 0 spiro atoms. The Morgan fingerprint density at radius 3 is 3.12 bits per heavy atom. The number of rotatable bonds is 5. The molecule has 1 heterocycles. The zero-order valence-corrected chi connectivity index (χ0v) is 9.90. The van der Waals surface area contributed by atoms with Gasteiger partial charge in [-0.25, -0.2) is 0 Å². The summed E-state index contributed by atoms with van der Waals surface area (Å²) in [6.45, 7) is 2.60. The molecule has 5 N–H and O–H groups in total. The number of anilines is 2. The molecular weight excluding hydrogens is 216 g/mol. The molecule has 0 radical (unpaired) electrons. The monoisotopic (exact) mass is 234 g/mol. The van der Waals surface area contributed by atoms with Gasteiger partial charge in [0.2, 0.25) is 0 Å². The molecule has 0 amide bonds. The molecule has 1 aromatic heterocycles. The minimum atomic E-state index is -0.246. The molecule has 0 saturated carbocycles. The number of aliphatic hydroxyl groups is 1. The number of H-pyrrole nitrogens is 1. The van der Waals surface area contributed by atoms with Crippen molar-refractivity contribution in [2.45, 2.75) is 25.9 Å². The van der Waals surface area contributed by atoms with Gasteiger partial charge in [0.15, 0.2) is 0 Å². The minimum Gasteiger partial charge on any atom is -0.397 e. The first-order chi connectivity index (χ1) is 8.16. The molecule has 0 saturated heterocycles.